The second kappa shape index (κ2) is 12.5. The van der Waals surface area contributed by atoms with E-state index in [1.165, 1.54) is 11.3 Å². The van der Waals surface area contributed by atoms with Crippen molar-refractivity contribution in [2.75, 3.05) is 0 Å². The molecule has 2 atom stereocenters. The Morgan fingerprint density at radius 1 is 0.978 bits per heavy atom. The van der Waals surface area contributed by atoms with Gasteiger partial charge in [0.2, 0.25) is 5.60 Å². The summed E-state index contributed by atoms with van der Waals surface area (Å²) in [6.45, 7) is 1.75. The number of aliphatic carboxylic acids is 1. The van der Waals surface area contributed by atoms with Crippen LogP contribution in [0.1, 0.15) is 40.2 Å². The molecule has 9 nitrogen and oxygen atoms in total. The van der Waals surface area contributed by atoms with Crippen LogP contribution in [0.4, 0.5) is 0 Å². The summed E-state index contributed by atoms with van der Waals surface area (Å²) in [6.07, 6.45) is 0.643. The molecule has 1 saturated heterocycles. The molecule has 12 heteroatoms. The first-order chi connectivity index (χ1) is 21.7. The zero-order valence-electron chi connectivity index (χ0n) is 23.8. The van der Waals surface area contributed by atoms with Gasteiger partial charge in [0.1, 0.15) is 21.8 Å². The van der Waals surface area contributed by atoms with Crippen molar-refractivity contribution < 1.29 is 24.3 Å². The molecule has 1 aromatic heterocycles. The van der Waals surface area contributed by atoms with Gasteiger partial charge in [0.05, 0.1) is 11.0 Å². The molecule has 0 spiro atoms. The third kappa shape index (κ3) is 5.50. The molecule has 0 bridgehead atoms. The molecule has 2 N–H and O–H groups in total. The number of nitrogens with one attached hydrogen (secondary N) is 1. The smallest absolute Gasteiger partial charge is 0.353 e. The SMILES string of the molecule is Cc1nc(/C(=N\OC(c2ccccc2)(c2ccccc2)c2ccccc2)C(=O)N[C@@H]2C(=O)N3C(C(=O)O)=C(Cl)CCC23)c(Cl)s1. The van der Waals surface area contributed by atoms with E-state index in [1.54, 1.807) is 6.92 Å². The minimum atomic E-state index is -1.30. The molecule has 6 rings (SSSR count). The summed E-state index contributed by atoms with van der Waals surface area (Å²) < 4.78 is 0.219. The normalized spacial score (nSPS) is 18.2. The van der Waals surface area contributed by atoms with E-state index in [9.17, 15) is 19.5 Å². The highest BCUT2D eigenvalue weighted by molar-refractivity contribution is 7.16. The number of benzene rings is 3. The molecule has 3 heterocycles. The van der Waals surface area contributed by atoms with Crippen LogP contribution in [0.5, 0.6) is 0 Å². The number of hydrogen-bond acceptors (Lipinski definition) is 7. The van der Waals surface area contributed by atoms with Crippen molar-refractivity contribution >= 4 is 58.0 Å². The Kier molecular flexibility index (Phi) is 8.46. The molecule has 228 valence electrons. The molecule has 2 aliphatic heterocycles. The van der Waals surface area contributed by atoms with E-state index in [1.807, 2.05) is 91.0 Å². The fourth-order valence-electron chi connectivity index (χ4n) is 5.76. The maximum Gasteiger partial charge on any atom is 0.353 e. The number of carboxylic acids is 1. The Balaban J connectivity index is 1.43. The fraction of sp³-hybridized carbons (Fsp3) is 0.182. The number of nitrogens with zero attached hydrogens (tertiary/aromatic N) is 3. The summed E-state index contributed by atoms with van der Waals surface area (Å²) in [5.41, 5.74) is 0.566. The number of carbonyl (C=O) groups excluding carboxylic acids is 2. The number of oxime groups is 1. The lowest BCUT2D eigenvalue weighted by molar-refractivity contribution is -0.155. The van der Waals surface area contributed by atoms with Gasteiger partial charge in [-0.3, -0.25) is 14.5 Å². The zero-order chi connectivity index (χ0) is 31.7. The summed E-state index contributed by atoms with van der Waals surface area (Å²) >= 11 is 13.9. The molecule has 2 amide bonds. The van der Waals surface area contributed by atoms with Crippen LogP contribution in [0.2, 0.25) is 4.34 Å². The van der Waals surface area contributed by atoms with Gasteiger partial charge >= 0.3 is 5.97 Å². The van der Waals surface area contributed by atoms with E-state index in [-0.39, 0.29) is 32.9 Å². The number of hydrogen-bond donors (Lipinski definition) is 2. The van der Waals surface area contributed by atoms with Gasteiger partial charge < -0.3 is 15.3 Å². The second-order valence-corrected chi connectivity index (χ2v) is 12.8. The zero-order valence-corrected chi connectivity index (χ0v) is 26.1. The number of aryl methyl sites for hydroxylation is 1. The highest BCUT2D eigenvalue weighted by atomic mass is 35.5. The largest absolute Gasteiger partial charge is 0.477 e. The second-order valence-electron chi connectivity index (χ2n) is 10.5. The number of halogens is 2. The number of fused-ring (bicyclic) bond motifs is 1. The average molecular weight is 662 g/mol. The van der Waals surface area contributed by atoms with Crippen LogP contribution < -0.4 is 5.32 Å². The van der Waals surface area contributed by atoms with Gasteiger partial charge in [-0.2, -0.15) is 0 Å². The lowest BCUT2D eigenvalue weighted by Crippen LogP contribution is -2.72. The number of β-lactam (4-membered cyclic amide) rings is 1. The van der Waals surface area contributed by atoms with Crippen LogP contribution >= 0.6 is 34.5 Å². The first kappa shape index (κ1) is 30.5. The lowest BCUT2D eigenvalue weighted by Gasteiger charge is -2.49. The molecule has 45 heavy (non-hydrogen) atoms. The van der Waals surface area contributed by atoms with E-state index >= 15 is 0 Å². The van der Waals surface area contributed by atoms with Crippen LogP contribution in [0.3, 0.4) is 0 Å². The van der Waals surface area contributed by atoms with E-state index in [0.29, 0.717) is 11.4 Å². The van der Waals surface area contributed by atoms with Crippen molar-refractivity contribution in [1.82, 2.24) is 15.2 Å². The van der Waals surface area contributed by atoms with Gasteiger partial charge in [0.15, 0.2) is 5.71 Å². The number of amides is 2. The maximum atomic E-state index is 14.0. The number of thiazole rings is 1. The Bertz CT molecular complexity index is 1730. The Hall–Kier alpha value is -4.51. The van der Waals surface area contributed by atoms with Crippen molar-refractivity contribution in [3.63, 3.8) is 0 Å². The number of carbonyl (C=O) groups is 3. The van der Waals surface area contributed by atoms with Gasteiger partial charge in [-0.15, -0.1) is 11.3 Å². The standard InChI is InChI=1S/C33H26Cl2N4O5S/c1-19-36-26(29(35)45-19)27(30(40)37-25-24-18-17-23(34)28(32(42)43)39(24)31(25)41)38-44-33(20-11-5-2-6-12-20,21-13-7-3-8-14-21)22-15-9-4-10-16-22/h2-16,24-25H,17-18H2,1H3,(H,37,40)(H,42,43)/b38-27+/t24?,25-/m0/s1. The van der Waals surface area contributed by atoms with Crippen LogP contribution in [-0.2, 0) is 24.8 Å². The maximum absolute atomic E-state index is 14.0. The number of rotatable bonds is 9. The summed E-state index contributed by atoms with van der Waals surface area (Å²) in [5, 5.41) is 17.5. The van der Waals surface area contributed by atoms with Crippen molar-refractivity contribution in [3.8, 4) is 0 Å². The topological polar surface area (TPSA) is 121 Å². The summed E-state index contributed by atoms with van der Waals surface area (Å²) in [5.74, 6) is -2.64. The predicted molar refractivity (Wildman–Crippen MR) is 171 cm³/mol. The van der Waals surface area contributed by atoms with Crippen LogP contribution in [0.15, 0.2) is 107 Å². The minimum absolute atomic E-state index is 0.0938. The molecule has 4 aromatic rings. The highest BCUT2D eigenvalue weighted by Gasteiger charge is 2.53. The Labute approximate surface area is 272 Å². The third-order valence-electron chi connectivity index (χ3n) is 7.81. The minimum Gasteiger partial charge on any atom is -0.477 e. The summed E-state index contributed by atoms with van der Waals surface area (Å²) in [4.78, 5) is 51.1. The molecule has 0 saturated carbocycles. The van der Waals surface area contributed by atoms with Crippen molar-refractivity contribution in [1.29, 1.82) is 0 Å². The first-order valence-electron chi connectivity index (χ1n) is 14.0. The molecular weight excluding hydrogens is 635 g/mol. The fourth-order valence-corrected chi connectivity index (χ4v) is 7.14. The highest BCUT2D eigenvalue weighted by Crippen LogP contribution is 2.41. The van der Waals surface area contributed by atoms with E-state index in [2.05, 4.69) is 15.5 Å². The van der Waals surface area contributed by atoms with Crippen LogP contribution in [-0.4, -0.2) is 50.6 Å². The average Bonchev–Trinajstić information content (AvgIpc) is 3.39. The Morgan fingerprint density at radius 3 is 1.98 bits per heavy atom. The van der Waals surface area contributed by atoms with E-state index < -0.39 is 35.5 Å². The van der Waals surface area contributed by atoms with Crippen LogP contribution in [0.25, 0.3) is 0 Å². The summed E-state index contributed by atoms with van der Waals surface area (Å²) in [7, 11) is 0. The first-order valence-corrected chi connectivity index (χ1v) is 15.6. The molecule has 1 unspecified atom stereocenters. The molecule has 2 aliphatic rings. The van der Waals surface area contributed by atoms with Crippen molar-refractivity contribution in [2.24, 2.45) is 5.16 Å². The van der Waals surface area contributed by atoms with E-state index in [0.717, 1.165) is 21.6 Å². The van der Waals surface area contributed by atoms with Crippen molar-refractivity contribution in [3.05, 3.63) is 133 Å². The van der Waals surface area contributed by atoms with Gasteiger partial charge in [0.25, 0.3) is 11.8 Å². The van der Waals surface area contributed by atoms with Gasteiger partial charge in [-0.1, -0.05) is 119 Å². The monoisotopic (exact) mass is 660 g/mol. The van der Waals surface area contributed by atoms with E-state index in [4.69, 9.17) is 28.0 Å². The molecule has 0 radical (unpaired) electrons. The molecule has 1 fully saturated rings. The van der Waals surface area contributed by atoms with Gasteiger partial charge in [0, 0.05) is 21.7 Å². The predicted octanol–water partition coefficient (Wildman–Crippen LogP) is 5.84. The van der Waals surface area contributed by atoms with Gasteiger partial charge in [-0.25, -0.2) is 9.78 Å². The Morgan fingerprint density at radius 2 is 1.51 bits per heavy atom. The number of aromatic nitrogens is 1. The molecule has 3 aromatic carbocycles. The summed E-state index contributed by atoms with van der Waals surface area (Å²) in [6, 6.07) is 26.9. The molecular formula is C33H26Cl2N4O5S. The lowest BCUT2D eigenvalue weighted by atomic mass is 9.80. The molecule has 0 aliphatic carbocycles. The third-order valence-corrected chi connectivity index (χ3v) is 9.35. The quantitative estimate of drug-likeness (QED) is 0.101. The van der Waals surface area contributed by atoms with Crippen molar-refractivity contribution in [2.45, 2.75) is 37.5 Å². The van der Waals surface area contributed by atoms with Crippen LogP contribution in [0, 0.1) is 6.92 Å². The number of carboxylic acid groups (broad SMARTS) is 1. The van der Waals surface area contributed by atoms with Gasteiger partial charge in [-0.05, 0) is 19.8 Å². The number of allylic oxidation sites excluding steroid dienone is 1.